The summed E-state index contributed by atoms with van der Waals surface area (Å²) in [4.78, 5) is 0. The maximum Gasteiger partial charge on any atom is 0.272 e. The summed E-state index contributed by atoms with van der Waals surface area (Å²) in [5.74, 6) is -2.21. The predicted octanol–water partition coefficient (Wildman–Crippen LogP) is 0.0185. The van der Waals surface area contributed by atoms with Gasteiger partial charge in [0.2, 0.25) is 0 Å². The summed E-state index contributed by atoms with van der Waals surface area (Å²) in [5, 5.41) is 24.3. The minimum absolute atomic E-state index is 0.697. The molecule has 0 amide bonds. The van der Waals surface area contributed by atoms with Gasteiger partial charge in [0.25, 0.3) is 5.95 Å². The van der Waals surface area contributed by atoms with E-state index in [0.29, 0.717) is 6.08 Å². The van der Waals surface area contributed by atoms with E-state index in [9.17, 15) is 4.57 Å². The highest BCUT2D eigenvalue weighted by molar-refractivity contribution is 7.24. The summed E-state index contributed by atoms with van der Waals surface area (Å²) >= 11 is 0. The third-order valence-corrected chi connectivity index (χ3v) is 0.931. The first-order valence-corrected chi connectivity index (χ1v) is 3.03. The van der Waals surface area contributed by atoms with E-state index < -0.39 is 20.3 Å². The van der Waals surface area contributed by atoms with Gasteiger partial charge < -0.3 is 19.9 Å². The first-order chi connectivity index (χ1) is 3.66. The third kappa shape index (κ3) is 3.71. The van der Waals surface area contributed by atoms with E-state index in [-0.39, 0.29) is 0 Å². The molecule has 0 saturated carbocycles. The van der Waals surface area contributed by atoms with Crippen molar-refractivity contribution in [2.75, 3.05) is 0 Å². The van der Waals surface area contributed by atoms with Crippen LogP contribution in [-0.4, -0.2) is 21.2 Å². The largest absolute Gasteiger partial charge is 0.481 e. The Bertz CT molecular complexity index is 106. The number of aliphatic hydroxyl groups excluding tert-OH is 2. The van der Waals surface area contributed by atoms with Gasteiger partial charge in [-0.05, 0) is 0 Å². The summed E-state index contributed by atoms with van der Waals surface area (Å²) in [6, 6.07) is 0. The average molecular weight is 138 g/mol. The van der Waals surface area contributed by atoms with E-state index in [0.717, 1.165) is 0 Å². The Morgan fingerprint density at radius 2 is 2.12 bits per heavy atom. The van der Waals surface area contributed by atoms with E-state index in [1.54, 1.807) is 0 Å². The molecule has 0 aromatic heterocycles. The van der Waals surface area contributed by atoms with Crippen molar-refractivity contribution in [3.05, 3.63) is 12.0 Å². The van der Waals surface area contributed by atoms with Gasteiger partial charge in [-0.15, -0.1) is 0 Å². The Balaban J connectivity index is 3.68. The fraction of sp³-hybridized carbons (Fsp3) is 0.333. The second kappa shape index (κ2) is 3.52. The molecule has 0 heterocycles. The lowest BCUT2D eigenvalue weighted by molar-refractivity contribution is 0.180. The van der Waals surface area contributed by atoms with Crippen molar-refractivity contribution in [2.45, 2.75) is 5.85 Å². The highest BCUT2D eigenvalue weighted by Gasteiger charge is 1.94. The maximum absolute atomic E-state index is 9.73. The van der Waals surface area contributed by atoms with E-state index in [1.807, 2.05) is 0 Å². The van der Waals surface area contributed by atoms with E-state index in [1.165, 1.54) is 0 Å². The molecule has 0 aliphatic heterocycles. The van der Waals surface area contributed by atoms with Crippen LogP contribution in [0.25, 0.3) is 0 Å². The zero-order chi connectivity index (χ0) is 6.57. The van der Waals surface area contributed by atoms with Crippen molar-refractivity contribution in [2.24, 2.45) is 0 Å². The van der Waals surface area contributed by atoms with Crippen LogP contribution in [0.15, 0.2) is 12.0 Å². The lowest BCUT2D eigenvalue weighted by Gasteiger charge is -1.90. The number of aliphatic hydroxyl groups is 3. The molecular formula is C3H7O4P. The minimum atomic E-state index is -1.38. The Morgan fingerprint density at radius 1 is 1.62 bits per heavy atom. The fourth-order valence-electron chi connectivity index (χ4n) is 0.192. The second-order valence-electron chi connectivity index (χ2n) is 1.15. The molecule has 0 rings (SSSR count). The van der Waals surface area contributed by atoms with Gasteiger partial charge in [-0.1, -0.05) is 0 Å². The molecule has 0 radical (unpaired) electrons. The van der Waals surface area contributed by atoms with Crippen LogP contribution in [0.3, 0.4) is 0 Å². The standard InChI is InChI=1S/C3H7O4P/c4-2(5)1-3(6)8-7/h1,3-6H,8H2. The van der Waals surface area contributed by atoms with Crippen molar-refractivity contribution in [1.82, 2.24) is 0 Å². The summed E-state index contributed by atoms with van der Waals surface area (Å²) in [7, 11) is -1.38. The summed E-state index contributed by atoms with van der Waals surface area (Å²) < 4.78 is 9.73. The van der Waals surface area contributed by atoms with Crippen LogP contribution < -0.4 is 0 Å². The van der Waals surface area contributed by atoms with Gasteiger partial charge in [0.1, 0.15) is 5.85 Å². The fourth-order valence-corrected chi connectivity index (χ4v) is 0.443. The van der Waals surface area contributed by atoms with Crippen molar-refractivity contribution >= 4 is 8.46 Å². The third-order valence-electron chi connectivity index (χ3n) is 0.459. The molecule has 2 atom stereocenters. The molecule has 2 unspecified atom stereocenters. The van der Waals surface area contributed by atoms with Gasteiger partial charge in [0, 0.05) is 6.08 Å². The van der Waals surface area contributed by atoms with Crippen molar-refractivity contribution in [1.29, 1.82) is 0 Å². The molecule has 0 aromatic carbocycles. The topological polar surface area (TPSA) is 77.8 Å². The van der Waals surface area contributed by atoms with Gasteiger partial charge in [0.05, 0.1) is 8.46 Å². The lowest BCUT2D eigenvalue weighted by atomic mass is 10.6. The Hall–Kier alpha value is -0.470. The zero-order valence-electron chi connectivity index (χ0n) is 3.98. The summed E-state index contributed by atoms with van der Waals surface area (Å²) in [6.07, 6.45) is 0.697. The number of hydrogen-bond donors (Lipinski definition) is 3. The first kappa shape index (κ1) is 7.53. The summed E-state index contributed by atoms with van der Waals surface area (Å²) in [6.45, 7) is 0. The average Bonchev–Trinajstić information content (AvgIpc) is 1.65. The summed E-state index contributed by atoms with van der Waals surface area (Å²) in [5.41, 5.74) is 0. The van der Waals surface area contributed by atoms with Crippen LogP contribution in [0.4, 0.5) is 0 Å². The minimum Gasteiger partial charge on any atom is -0.481 e. The molecule has 5 heteroatoms. The predicted molar refractivity (Wildman–Crippen MR) is 29.7 cm³/mol. The molecule has 8 heavy (non-hydrogen) atoms. The SMILES string of the molecule is O=[PH2]C(O)C=C(O)O. The van der Waals surface area contributed by atoms with Crippen molar-refractivity contribution in [3.63, 3.8) is 0 Å². The Morgan fingerprint density at radius 3 is 2.25 bits per heavy atom. The molecule has 3 N–H and O–H groups in total. The van der Waals surface area contributed by atoms with Crippen LogP contribution in [0.2, 0.25) is 0 Å². The normalized spacial score (nSPS) is 14.1. The van der Waals surface area contributed by atoms with Crippen LogP contribution in [0.5, 0.6) is 0 Å². The van der Waals surface area contributed by atoms with Crippen molar-refractivity contribution in [3.8, 4) is 0 Å². The molecule has 0 aliphatic rings. The molecular weight excluding hydrogens is 131 g/mol. The van der Waals surface area contributed by atoms with Gasteiger partial charge in [-0.25, -0.2) is 0 Å². The Labute approximate surface area is 47.3 Å². The van der Waals surface area contributed by atoms with Crippen LogP contribution in [0.1, 0.15) is 0 Å². The number of hydrogen-bond acceptors (Lipinski definition) is 4. The molecule has 0 bridgehead atoms. The smallest absolute Gasteiger partial charge is 0.272 e. The monoisotopic (exact) mass is 138 g/mol. The van der Waals surface area contributed by atoms with Gasteiger partial charge in [-0.3, -0.25) is 0 Å². The van der Waals surface area contributed by atoms with Gasteiger partial charge in [-0.2, -0.15) is 0 Å². The lowest BCUT2D eigenvalue weighted by Crippen LogP contribution is -1.91. The molecule has 0 aliphatic carbocycles. The van der Waals surface area contributed by atoms with E-state index in [4.69, 9.17) is 15.3 Å². The van der Waals surface area contributed by atoms with Crippen LogP contribution >= 0.6 is 8.46 Å². The molecule has 0 fully saturated rings. The number of rotatable bonds is 2. The van der Waals surface area contributed by atoms with Gasteiger partial charge >= 0.3 is 0 Å². The quantitative estimate of drug-likeness (QED) is 0.371. The van der Waals surface area contributed by atoms with E-state index in [2.05, 4.69) is 0 Å². The van der Waals surface area contributed by atoms with Crippen molar-refractivity contribution < 1.29 is 19.9 Å². The zero-order valence-corrected chi connectivity index (χ0v) is 5.14. The molecule has 0 aromatic rings. The van der Waals surface area contributed by atoms with Gasteiger partial charge in [0.15, 0.2) is 0 Å². The highest BCUT2D eigenvalue weighted by Crippen LogP contribution is 2.03. The maximum atomic E-state index is 9.73. The molecule has 0 saturated heterocycles. The highest BCUT2D eigenvalue weighted by atomic mass is 31.1. The van der Waals surface area contributed by atoms with Crippen LogP contribution in [0, 0.1) is 0 Å². The Kier molecular flexibility index (Phi) is 3.31. The molecule has 4 nitrogen and oxygen atoms in total. The second-order valence-corrected chi connectivity index (χ2v) is 2.11. The molecule has 48 valence electrons. The first-order valence-electron chi connectivity index (χ1n) is 1.90. The van der Waals surface area contributed by atoms with Crippen LogP contribution in [-0.2, 0) is 4.57 Å². The molecule has 0 spiro atoms. The van der Waals surface area contributed by atoms with E-state index >= 15 is 0 Å².